The van der Waals surface area contributed by atoms with Gasteiger partial charge in [0, 0.05) is 18.7 Å². The summed E-state index contributed by atoms with van der Waals surface area (Å²) in [5.41, 5.74) is 3.73. The van der Waals surface area contributed by atoms with Gasteiger partial charge in [0.15, 0.2) is 0 Å². The fourth-order valence-corrected chi connectivity index (χ4v) is 3.26. The highest BCUT2D eigenvalue weighted by Gasteiger charge is 2.38. The molecule has 1 aromatic heterocycles. The molecule has 6 heteroatoms. The molecule has 6 nitrogen and oxygen atoms in total. The van der Waals surface area contributed by atoms with Gasteiger partial charge in [0.25, 0.3) is 5.91 Å². The van der Waals surface area contributed by atoms with Crippen molar-refractivity contribution >= 4 is 11.9 Å². The Kier molecular flexibility index (Phi) is 4.37. The zero-order valence-electron chi connectivity index (χ0n) is 14.8. The van der Waals surface area contributed by atoms with E-state index in [-0.39, 0.29) is 5.91 Å². The van der Waals surface area contributed by atoms with E-state index in [0.717, 1.165) is 16.8 Å². The lowest BCUT2D eigenvalue weighted by Gasteiger charge is -2.36. The van der Waals surface area contributed by atoms with Crippen LogP contribution in [-0.4, -0.2) is 45.2 Å². The van der Waals surface area contributed by atoms with Gasteiger partial charge in [0.2, 0.25) is 0 Å². The standard InChI is InChI=1S/C19H23N3O3/c1-12-4-5-14(13(2)10-12)15-11-16(21-20-15)17(23)22-8-6-19(3,7-9-22)18(24)25/h4-5,10-11H,6-9H2,1-3H3,(H,20,21)(H,24,25). The van der Waals surface area contributed by atoms with E-state index in [2.05, 4.69) is 16.3 Å². The number of H-pyrrole nitrogens is 1. The molecule has 1 amide bonds. The Morgan fingerprint density at radius 3 is 2.48 bits per heavy atom. The quantitative estimate of drug-likeness (QED) is 0.898. The number of carboxylic acid groups (broad SMARTS) is 1. The van der Waals surface area contributed by atoms with Crippen LogP contribution in [0.2, 0.25) is 0 Å². The van der Waals surface area contributed by atoms with E-state index in [9.17, 15) is 14.7 Å². The number of hydrogen-bond acceptors (Lipinski definition) is 3. The third-order valence-corrected chi connectivity index (χ3v) is 5.14. The minimum Gasteiger partial charge on any atom is -0.481 e. The van der Waals surface area contributed by atoms with E-state index in [1.807, 2.05) is 26.0 Å². The molecule has 0 aliphatic carbocycles. The van der Waals surface area contributed by atoms with Crippen LogP contribution in [0, 0.1) is 19.3 Å². The first-order chi connectivity index (χ1) is 11.8. The first kappa shape index (κ1) is 17.2. The number of amides is 1. The number of aliphatic carboxylic acids is 1. The van der Waals surface area contributed by atoms with Crippen molar-refractivity contribution in [2.75, 3.05) is 13.1 Å². The summed E-state index contributed by atoms with van der Waals surface area (Å²) in [6.45, 7) is 6.69. The van der Waals surface area contributed by atoms with Crippen LogP contribution in [0.25, 0.3) is 11.3 Å². The number of rotatable bonds is 3. The van der Waals surface area contributed by atoms with Gasteiger partial charge in [0.05, 0.1) is 11.1 Å². The van der Waals surface area contributed by atoms with Gasteiger partial charge < -0.3 is 10.0 Å². The van der Waals surface area contributed by atoms with Crippen molar-refractivity contribution in [2.24, 2.45) is 5.41 Å². The lowest BCUT2D eigenvalue weighted by molar-refractivity contribution is -0.150. The number of aromatic nitrogens is 2. The second-order valence-electron chi connectivity index (χ2n) is 7.14. The van der Waals surface area contributed by atoms with E-state index in [1.54, 1.807) is 17.9 Å². The Morgan fingerprint density at radius 2 is 1.88 bits per heavy atom. The van der Waals surface area contributed by atoms with Gasteiger partial charge >= 0.3 is 5.97 Å². The Hall–Kier alpha value is -2.63. The molecule has 2 N–H and O–H groups in total. The van der Waals surface area contributed by atoms with Crippen LogP contribution in [0.3, 0.4) is 0 Å². The second-order valence-corrected chi connectivity index (χ2v) is 7.14. The molecule has 0 unspecified atom stereocenters. The first-order valence-corrected chi connectivity index (χ1v) is 8.46. The highest BCUT2D eigenvalue weighted by molar-refractivity contribution is 5.93. The number of aromatic amines is 1. The van der Waals surface area contributed by atoms with E-state index in [0.29, 0.717) is 31.6 Å². The van der Waals surface area contributed by atoms with Crippen molar-refractivity contribution in [1.82, 2.24) is 15.1 Å². The van der Waals surface area contributed by atoms with Gasteiger partial charge in [-0.3, -0.25) is 14.7 Å². The number of carbonyl (C=O) groups is 2. The number of benzene rings is 1. The van der Waals surface area contributed by atoms with Crippen LogP contribution in [0.4, 0.5) is 0 Å². The number of nitrogens with one attached hydrogen (secondary N) is 1. The number of aryl methyl sites for hydroxylation is 2. The van der Waals surface area contributed by atoms with Gasteiger partial charge in [-0.2, -0.15) is 5.10 Å². The molecule has 0 atom stereocenters. The molecule has 1 aliphatic rings. The third kappa shape index (κ3) is 3.29. The average Bonchev–Trinajstić information content (AvgIpc) is 3.04. The molecule has 132 valence electrons. The molecule has 1 fully saturated rings. The van der Waals surface area contributed by atoms with Crippen LogP contribution in [0.1, 0.15) is 41.4 Å². The maximum absolute atomic E-state index is 12.7. The van der Waals surface area contributed by atoms with Gasteiger partial charge in [-0.15, -0.1) is 0 Å². The van der Waals surface area contributed by atoms with Crippen LogP contribution < -0.4 is 0 Å². The fraction of sp³-hybridized carbons (Fsp3) is 0.421. The lowest BCUT2D eigenvalue weighted by Crippen LogP contribution is -2.45. The first-order valence-electron chi connectivity index (χ1n) is 8.46. The molecule has 2 heterocycles. The summed E-state index contributed by atoms with van der Waals surface area (Å²) in [6, 6.07) is 7.89. The Balaban J connectivity index is 1.74. The van der Waals surface area contributed by atoms with Crippen LogP contribution in [-0.2, 0) is 4.79 Å². The Morgan fingerprint density at radius 1 is 1.20 bits per heavy atom. The lowest BCUT2D eigenvalue weighted by atomic mass is 9.80. The smallest absolute Gasteiger partial charge is 0.309 e. The monoisotopic (exact) mass is 341 g/mol. The molecule has 1 saturated heterocycles. The van der Waals surface area contributed by atoms with Crippen molar-refractivity contribution in [2.45, 2.75) is 33.6 Å². The maximum atomic E-state index is 12.7. The Bertz CT molecular complexity index is 817. The topological polar surface area (TPSA) is 86.3 Å². The highest BCUT2D eigenvalue weighted by atomic mass is 16.4. The van der Waals surface area contributed by atoms with E-state index >= 15 is 0 Å². The highest BCUT2D eigenvalue weighted by Crippen LogP contribution is 2.32. The van der Waals surface area contributed by atoms with Gasteiger partial charge in [-0.05, 0) is 45.2 Å². The van der Waals surface area contributed by atoms with Gasteiger partial charge in [-0.1, -0.05) is 23.8 Å². The number of nitrogens with zero attached hydrogens (tertiary/aromatic N) is 2. The van der Waals surface area contributed by atoms with Crippen molar-refractivity contribution in [1.29, 1.82) is 0 Å². The summed E-state index contributed by atoms with van der Waals surface area (Å²) >= 11 is 0. The molecule has 0 spiro atoms. The van der Waals surface area contributed by atoms with E-state index in [1.165, 1.54) is 5.56 Å². The maximum Gasteiger partial charge on any atom is 0.309 e. The van der Waals surface area contributed by atoms with Crippen molar-refractivity contribution in [3.8, 4) is 11.3 Å². The predicted octanol–water partition coefficient (Wildman–Crippen LogP) is 3.02. The summed E-state index contributed by atoms with van der Waals surface area (Å²) in [6.07, 6.45) is 0.929. The van der Waals surface area contributed by atoms with Gasteiger partial charge in [-0.25, -0.2) is 0 Å². The largest absolute Gasteiger partial charge is 0.481 e. The second kappa shape index (κ2) is 6.35. The molecule has 1 aliphatic heterocycles. The van der Waals surface area contributed by atoms with E-state index < -0.39 is 11.4 Å². The third-order valence-electron chi connectivity index (χ3n) is 5.14. The molecule has 1 aromatic carbocycles. The number of piperidine rings is 1. The minimum atomic E-state index is -0.793. The van der Waals surface area contributed by atoms with Crippen LogP contribution >= 0.6 is 0 Å². The number of likely N-dealkylation sites (tertiary alicyclic amines) is 1. The summed E-state index contributed by atoms with van der Waals surface area (Å²) in [5, 5.41) is 16.4. The zero-order chi connectivity index (χ0) is 18.2. The molecule has 0 saturated carbocycles. The molecule has 2 aromatic rings. The van der Waals surface area contributed by atoms with Crippen LogP contribution in [0.15, 0.2) is 24.3 Å². The SMILES string of the molecule is Cc1ccc(-c2cc(C(=O)N3CCC(C)(C(=O)O)CC3)[nH]n2)c(C)c1. The molecular weight excluding hydrogens is 318 g/mol. The van der Waals surface area contributed by atoms with Crippen molar-refractivity contribution in [3.05, 3.63) is 41.1 Å². The molecular formula is C19H23N3O3. The number of carbonyl (C=O) groups excluding carboxylic acids is 1. The van der Waals surface area contributed by atoms with E-state index in [4.69, 9.17) is 0 Å². The average molecular weight is 341 g/mol. The zero-order valence-corrected chi connectivity index (χ0v) is 14.8. The normalized spacial score (nSPS) is 16.7. The molecule has 25 heavy (non-hydrogen) atoms. The molecule has 3 rings (SSSR count). The van der Waals surface area contributed by atoms with Gasteiger partial charge in [0.1, 0.15) is 5.69 Å². The molecule has 0 bridgehead atoms. The van der Waals surface area contributed by atoms with Crippen molar-refractivity contribution < 1.29 is 14.7 Å². The minimum absolute atomic E-state index is 0.129. The number of carboxylic acids is 1. The van der Waals surface area contributed by atoms with Crippen molar-refractivity contribution in [3.63, 3.8) is 0 Å². The predicted molar refractivity (Wildman–Crippen MR) is 94.4 cm³/mol. The van der Waals surface area contributed by atoms with Crippen LogP contribution in [0.5, 0.6) is 0 Å². The summed E-state index contributed by atoms with van der Waals surface area (Å²) in [5.74, 6) is -0.922. The number of hydrogen-bond donors (Lipinski definition) is 2. The Labute approximate surface area is 146 Å². The summed E-state index contributed by atoms with van der Waals surface area (Å²) in [4.78, 5) is 25.7. The summed E-state index contributed by atoms with van der Waals surface area (Å²) in [7, 11) is 0. The molecule has 0 radical (unpaired) electrons. The summed E-state index contributed by atoms with van der Waals surface area (Å²) < 4.78 is 0. The fourth-order valence-electron chi connectivity index (χ4n) is 3.26.